The lowest BCUT2D eigenvalue weighted by Crippen LogP contribution is -2.34. The van der Waals surface area contributed by atoms with Crippen LogP contribution in [0.25, 0.3) is 0 Å². The molecule has 1 rings (SSSR count). The number of carbonyl (C=O) groups is 1. The van der Waals surface area contributed by atoms with Crippen molar-refractivity contribution in [2.45, 2.75) is 6.42 Å². The highest BCUT2D eigenvalue weighted by atomic mass is 16.5. The second-order valence-electron chi connectivity index (χ2n) is 3.77. The van der Waals surface area contributed by atoms with Crippen LogP contribution in [0.15, 0.2) is 24.5 Å². The molecule has 0 aliphatic rings. The highest BCUT2D eigenvalue weighted by Gasteiger charge is 2.09. The summed E-state index contributed by atoms with van der Waals surface area (Å²) >= 11 is 0. The maximum absolute atomic E-state index is 10.7. The van der Waals surface area contributed by atoms with E-state index in [2.05, 4.69) is 4.98 Å². The summed E-state index contributed by atoms with van der Waals surface area (Å²) in [4.78, 5) is 16.6. The molecule has 0 amide bonds. The summed E-state index contributed by atoms with van der Waals surface area (Å²) in [6.07, 6.45) is 4.32. The summed E-state index contributed by atoms with van der Waals surface area (Å²) in [6.45, 7) is 1.91. The Bertz CT molecular complexity index is 330. The SMILES string of the molecule is COCCN(CCc1cccnc1)CC(=O)O. The van der Waals surface area contributed by atoms with Crippen LogP contribution in [0.4, 0.5) is 0 Å². The Hall–Kier alpha value is -1.46. The molecular weight excluding hydrogens is 220 g/mol. The van der Waals surface area contributed by atoms with Crippen molar-refractivity contribution in [2.24, 2.45) is 0 Å². The molecular formula is C12H18N2O3. The van der Waals surface area contributed by atoms with Crippen LogP contribution in [0.3, 0.4) is 0 Å². The molecule has 0 aliphatic carbocycles. The van der Waals surface area contributed by atoms with E-state index >= 15 is 0 Å². The number of rotatable bonds is 8. The molecule has 0 spiro atoms. The van der Waals surface area contributed by atoms with Crippen LogP contribution in [-0.4, -0.2) is 54.3 Å². The molecule has 0 fully saturated rings. The van der Waals surface area contributed by atoms with Crippen LogP contribution < -0.4 is 0 Å². The van der Waals surface area contributed by atoms with Crippen LogP contribution in [0, 0.1) is 0 Å². The van der Waals surface area contributed by atoms with E-state index in [0.717, 1.165) is 12.0 Å². The van der Waals surface area contributed by atoms with Gasteiger partial charge in [-0.15, -0.1) is 0 Å². The molecule has 0 unspecified atom stereocenters. The summed E-state index contributed by atoms with van der Waals surface area (Å²) in [7, 11) is 1.61. The Balaban J connectivity index is 2.40. The maximum atomic E-state index is 10.7. The third kappa shape index (κ3) is 5.99. The molecule has 17 heavy (non-hydrogen) atoms. The minimum atomic E-state index is -0.813. The Morgan fingerprint density at radius 3 is 2.94 bits per heavy atom. The summed E-state index contributed by atoms with van der Waals surface area (Å²) in [5.41, 5.74) is 1.11. The molecule has 1 heterocycles. The fourth-order valence-corrected chi connectivity index (χ4v) is 1.51. The molecule has 1 aromatic rings. The normalized spacial score (nSPS) is 10.7. The minimum Gasteiger partial charge on any atom is -0.480 e. The number of hydrogen-bond donors (Lipinski definition) is 1. The molecule has 0 atom stereocenters. The molecule has 0 radical (unpaired) electrons. The van der Waals surface area contributed by atoms with E-state index in [1.807, 2.05) is 17.0 Å². The number of nitrogens with zero attached hydrogens (tertiary/aromatic N) is 2. The fraction of sp³-hybridized carbons (Fsp3) is 0.500. The first-order valence-corrected chi connectivity index (χ1v) is 5.54. The first kappa shape index (κ1) is 13.6. The van der Waals surface area contributed by atoms with Gasteiger partial charge in [0.2, 0.25) is 0 Å². The highest BCUT2D eigenvalue weighted by Crippen LogP contribution is 1.99. The van der Waals surface area contributed by atoms with Crippen molar-refractivity contribution in [3.63, 3.8) is 0 Å². The molecule has 0 bridgehead atoms. The maximum Gasteiger partial charge on any atom is 0.317 e. The second kappa shape index (κ2) is 7.76. The van der Waals surface area contributed by atoms with Gasteiger partial charge in [0, 0.05) is 32.6 Å². The molecule has 0 saturated carbocycles. The number of methoxy groups -OCH3 is 1. The molecule has 0 aliphatic heterocycles. The standard InChI is InChI=1S/C12H18N2O3/c1-17-8-7-14(10-12(15)16)6-4-11-3-2-5-13-9-11/h2-3,5,9H,4,6-8,10H2,1H3,(H,15,16). The Morgan fingerprint density at radius 2 is 2.35 bits per heavy atom. The van der Waals surface area contributed by atoms with Gasteiger partial charge in [-0.1, -0.05) is 6.07 Å². The van der Waals surface area contributed by atoms with Crippen LogP contribution in [0.2, 0.25) is 0 Å². The topological polar surface area (TPSA) is 62.7 Å². The fourth-order valence-electron chi connectivity index (χ4n) is 1.51. The van der Waals surface area contributed by atoms with Gasteiger partial charge in [-0.3, -0.25) is 14.7 Å². The van der Waals surface area contributed by atoms with Gasteiger partial charge in [0.25, 0.3) is 0 Å². The zero-order valence-corrected chi connectivity index (χ0v) is 10.0. The molecule has 1 aromatic heterocycles. The summed E-state index contributed by atoms with van der Waals surface area (Å²) < 4.78 is 4.96. The van der Waals surface area contributed by atoms with Crippen LogP contribution in [0.1, 0.15) is 5.56 Å². The smallest absolute Gasteiger partial charge is 0.317 e. The van der Waals surface area contributed by atoms with E-state index < -0.39 is 5.97 Å². The third-order valence-electron chi connectivity index (χ3n) is 2.41. The van der Waals surface area contributed by atoms with Gasteiger partial charge in [0.15, 0.2) is 0 Å². The van der Waals surface area contributed by atoms with Crippen molar-refractivity contribution in [1.82, 2.24) is 9.88 Å². The Labute approximate surface area is 101 Å². The van der Waals surface area contributed by atoms with Crippen molar-refractivity contribution in [2.75, 3.05) is 33.4 Å². The van der Waals surface area contributed by atoms with Gasteiger partial charge in [-0.25, -0.2) is 0 Å². The first-order valence-electron chi connectivity index (χ1n) is 5.54. The van der Waals surface area contributed by atoms with E-state index in [4.69, 9.17) is 9.84 Å². The zero-order valence-electron chi connectivity index (χ0n) is 10.0. The molecule has 94 valence electrons. The lowest BCUT2D eigenvalue weighted by Gasteiger charge is -2.19. The van der Waals surface area contributed by atoms with E-state index in [9.17, 15) is 4.79 Å². The van der Waals surface area contributed by atoms with E-state index in [0.29, 0.717) is 19.7 Å². The lowest BCUT2D eigenvalue weighted by atomic mass is 10.2. The van der Waals surface area contributed by atoms with Gasteiger partial charge < -0.3 is 9.84 Å². The number of aromatic nitrogens is 1. The predicted octanol–water partition coefficient (Wildman–Crippen LogP) is 0.657. The molecule has 0 aromatic carbocycles. The quantitative estimate of drug-likeness (QED) is 0.720. The number of hydrogen-bond acceptors (Lipinski definition) is 4. The predicted molar refractivity (Wildman–Crippen MR) is 63.9 cm³/mol. The zero-order chi connectivity index (χ0) is 12.5. The van der Waals surface area contributed by atoms with Crippen molar-refractivity contribution in [3.05, 3.63) is 30.1 Å². The minimum absolute atomic E-state index is 0.0453. The van der Waals surface area contributed by atoms with E-state index in [-0.39, 0.29) is 6.54 Å². The summed E-state index contributed by atoms with van der Waals surface area (Å²) in [6, 6.07) is 3.87. The Kier molecular flexibility index (Phi) is 6.21. The van der Waals surface area contributed by atoms with Crippen molar-refractivity contribution < 1.29 is 14.6 Å². The monoisotopic (exact) mass is 238 g/mol. The molecule has 1 N–H and O–H groups in total. The van der Waals surface area contributed by atoms with Crippen LogP contribution >= 0.6 is 0 Å². The molecule has 5 nitrogen and oxygen atoms in total. The van der Waals surface area contributed by atoms with Crippen molar-refractivity contribution in [1.29, 1.82) is 0 Å². The van der Waals surface area contributed by atoms with E-state index in [1.54, 1.807) is 19.5 Å². The molecule has 0 saturated heterocycles. The number of carboxylic acid groups (broad SMARTS) is 1. The van der Waals surface area contributed by atoms with Gasteiger partial charge >= 0.3 is 5.97 Å². The average Bonchev–Trinajstić information content (AvgIpc) is 2.33. The lowest BCUT2D eigenvalue weighted by molar-refractivity contribution is -0.138. The van der Waals surface area contributed by atoms with Crippen LogP contribution in [-0.2, 0) is 16.0 Å². The van der Waals surface area contributed by atoms with Crippen molar-refractivity contribution in [3.8, 4) is 0 Å². The van der Waals surface area contributed by atoms with E-state index in [1.165, 1.54) is 0 Å². The number of ether oxygens (including phenoxy) is 1. The van der Waals surface area contributed by atoms with Gasteiger partial charge in [0.05, 0.1) is 13.2 Å². The van der Waals surface area contributed by atoms with Gasteiger partial charge in [0.1, 0.15) is 0 Å². The molecule has 5 heteroatoms. The summed E-state index contributed by atoms with van der Waals surface area (Å²) in [5.74, 6) is -0.813. The second-order valence-corrected chi connectivity index (χ2v) is 3.77. The van der Waals surface area contributed by atoms with Gasteiger partial charge in [-0.2, -0.15) is 0 Å². The number of aliphatic carboxylic acids is 1. The largest absolute Gasteiger partial charge is 0.480 e. The average molecular weight is 238 g/mol. The van der Waals surface area contributed by atoms with Crippen molar-refractivity contribution >= 4 is 5.97 Å². The van der Waals surface area contributed by atoms with Gasteiger partial charge in [-0.05, 0) is 18.1 Å². The van der Waals surface area contributed by atoms with Crippen LogP contribution in [0.5, 0.6) is 0 Å². The number of carboxylic acids is 1. The Morgan fingerprint density at radius 1 is 1.53 bits per heavy atom. The summed E-state index contributed by atoms with van der Waals surface area (Å²) in [5, 5.41) is 8.79. The first-order chi connectivity index (χ1) is 8.22. The number of pyridine rings is 1. The third-order valence-corrected chi connectivity index (χ3v) is 2.41. The highest BCUT2D eigenvalue weighted by molar-refractivity contribution is 5.69.